The van der Waals surface area contributed by atoms with Gasteiger partial charge in [0.2, 0.25) is 5.91 Å². The Labute approximate surface area is 190 Å². The van der Waals surface area contributed by atoms with Crippen LogP contribution < -0.4 is 10.2 Å². The molecule has 0 aromatic carbocycles. The summed E-state index contributed by atoms with van der Waals surface area (Å²) in [6.45, 7) is 10.4. The molecule has 3 rings (SSSR count). The van der Waals surface area contributed by atoms with Gasteiger partial charge in [-0.15, -0.1) is 0 Å². The van der Waals surface area contributed by atoms with Gasteiger partial charge in [0.1, 0.15) is 17.5 Å². The van der Waals surface area contributed by atoms with E-state index in [0.29, 0.717) is 38.2 Å². The number of ether oxygens (including phenoxy) is 1. The zero-order valence-corrected chi connectivity index (χ0v) is 19.3. The molecule has 0 radical (unpaired) electrons. The molecule has 1 unspecified atom stereocenters. The van der Waals surface area contributed by atoms with E-state index in [2.05, 4.69) is 21.3 Å². The quantitative estimate of drug-likeness (QED) is 0.672. The summed E-state index contributed by atoms with van der Waals surface area (Å²) in [4.78, 5) is 35.1. The molecule has 2 aliphatic heterocycles. The average molecular weight is 443 g/mol. The maximum atomic E-state index is 12.6. The molecule has 9 nitrogen and oxygen atoms in total. The summed E-state index contributed by atoms with van der Waals surface area (Å²) < 4.78 is 5.50. The van der Waals surface area contributed by atoms with E-state index in [1.54, 1.807) is 17.2 Å². The van der Waals surface area contributed by atoms with E-state index in [0.717, 1.165) is 38.3 Å². The monoisotopic (exact) mass is 442 g/mol. The van der Waals surface area contributed by atoms with Crippen LogP contribution in [-0.4, -0.2) is 84.2 Å². The van der Waals surface area contributed by atoms with Crippen molar-refractivity contribution >= 4 is 17.8 Å². The van der Waals surface area contributed by atoms with Crippen LogP contribution in [-0.2, 0) is 9.53 Å². The minimum Gasteiger partial charge on any atom is -0.444 e. The lowest BCUT2D eigenvalue weighted by atomic mass is 10.2. The lowest BCUT2D eigenvalue weighted by Gasteiger charge is -2.35. The molecule has 0 spiro atoms. The zero-order chi connectivity index (χ0) is 23.1. The van der Waals surface area contributed by atoms with Gasteiger partial charge in [-0.25, -0.2) is 9.78 Å². The van der Waals surface area contributed by atoms with E-state index in [-0.39, 0.29) is 18.0 Å². The normalized spacial score (nSPS) is 19.1. The molecule has 1 N–H and O–H groups in total. The lowest BCUT2D eigenvalue weighted by molar-refractivity contribution is -0.131. The first kappa shape index (κ1) is 23.8. The van der Waals surface area contributed by atoms with E-state index in [9.17, 15) is 9.59 Å². The van der Waals surface area contributed by atoms with E-state index >= 15 is 0 Å². The summed E-state index contributed by atoms with van der Waals surface area (Å²) in [7, 11) is 0. The fourth-order valence-corrected chi connectivity index (χ4v) is 4.06. The van der Waals surface area contributed by atoms with Crippen molar-refractivity contribution in [1.82, 2.24) is 20.1 Å². The number of carbonyl (C=O) groups is 2. The molecule has 2 aliphatic rings. The van der Waals surface area contributed by atoms with Crippen molar-refractivity contribution < 1.29 is 14.3 Å². The molecule has 2 saturated heterocycles. The van der Waals surface area contributed by atoms with Gasteiger partial charge in [-0.3, -0.25) is 4.79 Å². The molecule has 0 bridgehead atoms. The van der Waals surface area contributed by atoms with Crippen LogP contribution in [0.25, 0.3) is 0 Å². The van der Waals surface area contributed by atoms with Gasteiger partial charge in [-0.05, 0) is 45.7 Å². The molecular weight excluding hydrogens is 408 g/mol. The second-order valence-corrected chi connectivity index (χ2v) is 9.31. The Kier molecular flexibility index (Phi) is 7.91. The standard InChI is InChI=1S/C23H34N6O3/c1-23(2,3)32-22(31)29-10-4-5-19(29)17-25-9-8-21(30)28-13-11-27(12-14-28)20-7-6-18(15-24)16-26-20/h6-7,16,19,25H,4-5,8-14,17H2,1-3H3. The smallest absolute Gasteiger partial charge is 0.410 e. The molecule has 2 fully saturated rings. The Balaban J connectivity index is 1.35. The number of nitriles is 1. The number of anilines is 1. The van der Waals surface area contributed by atoms with Crippen molar-refractivity contribution in [2.75, 3.05) is 50.7 Å². The number of likely N-dealkylation sites (tertiary alicyclic amines) is 1. The second kappa shape index (κ2) is 10.6. The summed E-state index contributed by atoms with van der Waals surface area (Å²) in [6.07, 6.45) is 3.68. The number of nitrogens with one attached hydrogen (secondary N) is 1. The molecular formula is C23H34N6O3. The van der Waals surface area contributed by atoms with E-state index in [1.165, 1.54) is 0 Å². The fraction of sp³-hybridized carbons (Fsp3) is 0.652. The zero-order valence-electron chi connectivity index (χ0n) is 19.3. The van der Waals surface area contributed by atoms with Crippen molar-refractivity contribution in [2.45, 2.75) is 51.7 Å². The second-order valence-electron chi connectivity index (χ2n) is 9.31. The molecule has 32 heavy (non-hydrogen) atoms. The number of piperazine rings is 1. The van der Waals surface area contributed by atoms with Crippen LogP contribution in [0.2, 0.25) is 0 Å². The Morgan fingerprint density at radius 3 is 2.59 bits per heavy atom. The molecule has 1 atom stereocenters. The number of hydrogen-bond donors (Lipinski definition) is 1. The Hall–Kier alpha value is -2.86. The van der Waals surface area contributed by atoms with Crippen LogP contribution in [0, 0.1) is 11.3 Å². The molecule has 2 amide bonds. The van der Waals surface area contributed by atoms with Crippen LogP contribution in [0.5, 0.6) is 0 Å². The summed E-state index contributed by atoms with van der Waals surface area (Å²) in [5.41, 5.74) is 0.0476. The maximum Gasteiger partial charge on any atom is 0.410 e. The first-order valence-corrected chi connectivity index (χ1v) is 11.4. The topological polar surface area (TPSA) is 102 Å². The molecule has 9 heteroatoms. The Morgan fingerprint density at radius 1 is 1.22 bits per heavy atom. The Bertz CT molecular complexity index is 822. The van der Waals surface area contributed by atoms with E-state index in [1.807, 2.05) is 31.7 Å². The molecule has 3 heterocycles. The van der Waals surface area contributed by atoms with E-state index < -0.39 is 5.60 Å². The molecule has 1 aromatic rings. The van der Waals surface area contributed by atoms with Crippen molar-refractivity contribution in [3.63, 3.8) is 0 Å². The fourth-order valence-electron chi connectivity index (χ4n) is 4.06. The van der Waals surface area contributed by atoms with Gasteiger partial charge in [0.25, 0.3) is 0 Å². The number of carbonyl (C=O) groups excluding carboxylic acids is 2. The van der Waals surface area contributed by atoms with Crippen LogP contribution in [0.15, 0.2) is 18.3 Å². The summed E-state index contributed by atoms with van der Waals surface area (Å²) >= 11 is 0. The average Bonchev–Trinajstić information content (AvgIpc) is 3.24. The SMILES string of the molecule is CC(C)(C)OC(=O)N1CCCC1CNCCC(=O)N1CCN(c2ccc(C#N)cn2)CC1. The van der Waals surface area contributed by atoms with Crippen LogP contribution in [0.1, 0.15) is 45.6 Å². The summed E-state index contributed by atoms with van der Waals surface area (Å²) in [5.74, 6) is 0.976. The number of amides is 2. The van der Waals surface area contributed by atoms with Gasteiger partial charge < -0.3 is 24.8 Å². The number of nitrogens with zero attached hydrogens (tertiary/aromatic N) is 5. The van der Waals surface area contributed by atoms with Crippen molar-refractivity contribution in [3.8, 4) is 6.07 Å². The third-order valence-corrected chi connectivity index (χ3v) is 5.73. The van der Waals surface area contributed by atoms with Crippen molar-refractivity contribution in [1.29, 1.82) is 5.26 Å². The van der Waals surface area contributed by atoms with Gasteiger partial charge in [-0.2, -0.15) is 5.26 Å². The van der Waals surface area contributed by atoms with E-state index in [4.69, 9.17) is 10.00 Å². The van der Waals surface area contributed by atoms with Gasteiger partial charge in [0, 0.05) is 64.5 Å². The number of pyridine rings is 1. The number of aromatic nitrogens is 1. The highest BCUT2D eigenvalue weighted by Crippen LogP contribution is 2.20. The van der Waals surface area contributed by atoms with Gasteiger partial charge in [-0.1, -0.05) is 0 Å². The molecule has 174 valence electrons. The van der Waals surface area contributed by atoms with Gasteiger partial charge >= 0.3 is 6.09 Å². The highest BCUT2D eigenvalue weighted by molar-refractivity contribution is 5.76. The Morgan fingerprint density at radius 2 is 1.97 bits per heavy atom. The maximum absolute atomic E-state index is 12.6. The first-order chi connectivity index (χ1) is 15.3. The summed E-state index contributed by atoms with van der Waals surface area (Å²) in [5, 5.41) is 12.2. The minimum absolute atomic E-state index is 0.114. The largest absolute Gasteiger partial charge is 0.444 e. The van der Waals surface area contributed by atoms with Gasteiger partial charge in [0.15, 0.2) is 0 Å². The first-order valence-electron chi connectivity index (χ1n) is 11.4. The van der Waals surface area contributed by atoms with Crippen LogP contribution in [0.3, 0.4) is 0 Å². The van der Waals surface area contributed by atoms with Crippen molar-refractivity contribution in [2.24, 2.45) is 0 Å². The lowest BCUT2D eigenvalue weighted by Crippen LogP contribution is -2.49. The molecule has 0 saturated carbocycles. The third kappa shape index (κ3) is 6.57. The minimum atomic E-state index is -0.496. The highest BCUT2D eigenvalue weighted by atomic mass is 16.6. The number of hydrogen-bond acceptors (Lipinski definition) is 7. The summed E-state index contributed by atoms with van der Waals surface area (Å²) in [6, 6.07) is 5.80. The van der Waals surface area contributed by atoms with Gasteiger partial charge in [0.05, 0.1) is 5.56 Å². The predicted octanol–water partition coefficient (Wildman–Crippen LogP) is 1.98. The molecule has 1 aromatic heterocycles. The predicted molar refractivity (Wildman–Crippen MR) is 121 cm³/mol. The third-order valence-electron chi connectivity index (χ3n) is 5.73. The van der Waals surface area contributed by atoms with Crippen molar-refractivity contribution in [3.05, 3.63) is 23.9 Å². The molecule has 0 aliphatic carbocycles. The highest BCUT2D eigenvalue weighted by Gasteiger charge is 2.31. The van der Waals surface area contributed by atoms with Crippen LogP contribution in [0.4, 0.5) is 10.6 Å². The number of rotatable bonds is 6. The van der Waals surface area contributed by atoms with Crippen LogP contribution >= 0.6 is 0 Å².